The number of hydrogen-bond acceptors (Lipinski definition) is 5. The third kappa shape index (κ3) is 7.84. The Kier molecular flexibility index (Phi) is 9.74. The summed E-state index contributed by atoms with van der Waals surface area (Å²) in [7, 11) is 0. The zero-order valence-electron chi connectivity index (χ0n) is 16.3. The summed E-state index contributed by atoms with van der Waals surface area (Å²) in [5, 5.41) is 15.7. The Morgan fingerprint density at radius 3 is 2.54 bits per heavy atom. The van der Waals surface area contributed by atoms with E-state index >= 15 is 0 Å². The number of aliphatic hydroxyl groups is 1. The maximum Gasteiger partial charge on any atom is 0.317 e. The molecule has 0 aromatic heterocycles. The highest BCUT2D eigenvalue weighted by molar-refractivity contribution is 5.81. The lowest BCUT2D eigenvalue weighted by Gasteiger charge is -2.27. The topological polar surface area (TPSA) is 117 Å². The fraction of sp³-hybridized carbons (Fsp3) is 0.600. The number of carbonyl (C=O) groups excluding carboxylic acids is 2. The molecule has 0 unspecified atom stereocenters. The number of morpholine rings is 1. The van der Waals surface area contributed by atoms with Gasteiger partial charge in [0.2, 0.25) is 5.91 Å². The number of nitrogens with one attached hydrogen (secondary N) is 2. The Balaban J connectivity index is 1.54. The Morgan fingerprint density at radius 2 is 1.82 bits per heavy atom. The standard InChI is InChI=1S/C20H32N4O4/c21-17(8-4-5-10-23-20(27)24-12-14-28-15-13-24)18(25)19(26)22-11-9-16-6-2-1-3-7-16/h1-3,6-7,17-18,25H,4-5,8-15,21H2,(H,22,26)(H,23,27)/t17-,18+/m0/s1. The highest BCUT2D eigenvalue weighted by Crippen LogP contribution is 2.04. The van der Waals surface area contributed by atoms with Gasteiger partial charge in [0.15, 0.2) is 0 Å². The van der Waals surface area contributed by atoms with Crippen molar-refractivity contribution in [2.75, 3.05) is 39.4 Å². The molecule has 1 heterocycles. The number of nitrogens with two attached hydrogens (primary N) is 1. The first-order chi connectivity index (χ1) is 13.6. The first kappa shape index (κ1) is 22.1. The zero-order valence-corrected chi connectivity index (χ0v) is 16.3. The highest BCUT2D eigenvalue weighted by Gasteiger charge is 2.22. The second-order valence-electron chi connectivity index (χ2n) is 6.96. The van der Waals surface area contributed by atoms with Gasteiger partial charge in [-0.2, -0.15) is 0 Å². The number of amides is 3. The maximum atomic E-state index is 12.0. The molecule has 1 aliphatic rings. The van der Waals surface area contributed by atoms with E-state index in [4.69, 9.17) is 10.5 Å². The van der Waals surface area contributed by atoms with Gasteiger partial charge in [-0.25, -0.2) is 4.79 Å². The van der Waals surface area contributed by atoms with Crippen LogP contribution in [0.2, 0.25) is 0 Å². The SMILES string of the molecule is N[C@@H](CCCCNC(=O)N1CCOCC1)[C@@H](O)C(=O)NCCc1ccccc1. The lowest BCUT2D eigenvalue weighted by molar-refractivity contribution is -0.130. The predicted molar refractivity (Wildman–Crippen MR) is 107 cm³/mol. The molecule has 28 heavy (non-hydrogen) atoms. The summed E-state index contributed by atoms with van der Waals surface area (Å²) < 4.78 is 5.22. The maximum absolute atomic E-state index is 12.0. The minimum Gasteiger partial charge on any atom is -0.382 e. The number of ether oxygens (including phenoxy) is 1. The molecule has 8 nitrogen and oxygen atoms in total. The molecule has 1 aromatic carbocycles. The quantitative estimate of drug-likeness (QED) is 0.426. The Morgan fingerprint density at radius 1 is 1.11 bits per heavy atom. The number of unbranched alkanes of at least 4 members (excludes halogenated alkanes) is 1. The van der Waals surface area contributed by atoms with Crippen molar-refractivity contribution in [1.82, 2.24) is 15.5 Å². The number of aliphatic hydroxyl groups excluding tert-OH is 1. The molecule has 8 heteroatoms. The molecule has 0 spiro atoms. The van der Waals surface area contributed by atoms with Crippen LogP contribution in [0.3, 0.4) is 0 Å². The van der Waals surface area contributed by atoms with Crippen LogP contribution in [-0.4, -0.2) is 73.5 Å². The molecule has 1 saturated heterocycles. The molecule has 0 saturated carbocycles. The number of carbonyl (C=O) groups is 2. The van der Waals surface area contributed by atoms with Crippen LogP contribution in [0.25, 0.3) is 0 Å². The van der Waals surface area contributed by atoms with Gasteiger partial charge in [-0.05, 0) is 24.8 Å². The van der Waals surface area contributed by atoms with Crippen LogP contribution < -0.4 is 16.4 Å². The van der Waals surface area contributed by atoms with E-state index < -0.39 is 18.1 Å². The predicted octanol–water partition coefficient (Wildman–Crippen LogP) is 0.246. The van der Waals surface area contributed by atoms with Gasteiger partial charge in [0.1, 0.15) is 6.10 Å². The van der Waals surface area contributed by atoms with E-state index in [2.05, 4.69) is 10.6 Å². The first-order valence-corrected chi connectivity index (χ1v) is 9.93. The van der Waals surface area contributed by atoms with Crippen LogP contribution in [-0.2, 0) is 16.0 Å². The van der Waals surface area contributed by atoms with Gasteiger partial charge in [0.25, 0.3) is 0 Å². The van der Waals surface area contributed by atoms with Crippen LogP contribution in [0.5, 0.6) is 0 Å². The Labute approximate surface area is 166 Å². The second-order valence-corrected chi connectivity index (χ2v) is 6.96. The third-order valence-electron chi connectivity index (χ3n) is 4.77. The van der Waals surface area contributed by atoms with Crippen LogP contribution >= 0.6 is 0 Å². The smallest absolute Gasteiger partial charge is 0.317 e. The van der Waals surface area contributed by atoms with Gasteiger partial charge in [-0.1, -0.05) is 36.8 Å². The summed E-state index contributed by atoms with van der Waals surface area (Å²) in [5.41, 5.74) is 7.07. The number of nitrogens with zero attached hydrogens (tertiary/aromatic N) is 1. The fourth-order valence-corrected chi connectivity index (χ4v) is 3.01. The summed E-state index contributed by atoms with van der Waals surface area (Å²) in [4.78, 5) is 25.7. The van der Waals surface area contributed by atoms with Gasteiger partial charge in [0.05, 0.1) is 13.2 Å². The van der Waals surface area contributed by atoms with Gasteiger partial charge >= 0.3 is 6.03 Å². The van der Waals surface area contributed by atoms with Crippen LogP contribution in [0.15, 0.2) is 30.3 Å². The minimum absolute atomic E-state index is 0.0783. The number of rotatable bonds is 10. The van der Waals surface area contributed by atoms with E-state index in [9.17, 15) is 14.7 Å². The molecule has 0 aliphatic carbocycles. The highest BCUT2D eigenvalue weighted by atomic mass is 16.5. The van der Waals surface area contributed by atoms with Crippen molar-refractivity contribution in [3.05, 3.63) is 35.9 Å². The van der Waals surface area contributed by atoms with Crippen molar-refractivity contribution >= 4 is 11.9 Å². The molecule has 2 atom stereocenters. The van der Waals surface area contributed by atoms with Crippen molar-refractivity contribution < 1.29 is 19.4 Å². The monoisotopic (exact) mass is 392 g/mol. The van der Waals surface area contributed by atoms with Crippen molar-refractivity contribution in [2.24, 2.45) is 5.73 Å². The summed E-state index contributed by atoms with van der Waals surface area (Å²) >= 11 is 0. The molecular weight excluding hydrogens is 360 g/mol. The van der Waals surface area contributed by atoms with E-state index in [0.29, 0.717) is 52.2 Å². The minimum atomic E-state index is -1.22. The molecule has 1 fully saturated rings. The van der Waals surface area contributed by atoms with Crippen LogP contribution in [0.1, 0.15) is 24.8 Å². The second kappa shape index (κ2) is 12.3. The molecule has 3 amide bonds. The number of urea groups is 1. The summed E-state index contributed by atoms with van der Waals surface area (Å²) in [6, 6.07) is 9.13. The lowest BCUT2D eigenvalue weighted by atomic mass is 10.0. The van der Waals surface area contributed by atoms with Crippen molar-refractivity contribution in [3.63, 3.8) is 0 Å². The van der Waals surface area contributed by atoms with Crippen LogP contribution in [0, 0.1) is 0 Å². The normalized spacial score (nSPS) is 16.3. The summed E-state index contributed by atoms with van der Waals surface area (Å²) in [5.74, 6) is -0.441. The summed E-state index contributed by atoms with van der Waals surface area (Å²) in [6.07, 6.45) is 1.46. The van der Waals surface area contributed by atoms with Crippen molar-refractivity contribution in [3.8, 4) is 0 Å². The van der Waals surface area contributed by atoms with Crippen LogP contribution in [0.4, 0.5) is 4.79 Å². The lowest BCUT2D eigenvalue weighted by Crippen LogP contribution is -2.47. The number of hydrogen-bond donors (Lipinski definition) is 4. The fourth-order valence-electron chi connectivity index (χ4n) is 3.01. The zero-order chi connectivity index (χ0) is 20.2. The molecule has 156 valence electrons. The van der Waals surface area contributed by atoms with E-state index in [1.54, 1.807) is 4.90 Å². The van der Waals surface area contributed by atoms with Gasteiger partial charge in [-0.3, -0.25) is 4.79 Å². The Hall–Kier alpha value is -2.16. The molecule has 5 N–H and O–H groups in total. The van der Waals surface area contributed by atoms with Gasteiger partial charge in [0, 0.05) is 32.2 Å². The summed E-state index contributed by atoms with van der Waals surface area (Å²) in [6.45, 7) is 3.38. The molecule has 1 aliphatic heterocycles. The third-order valence-corrected chi connectivity index (χ3v) is 4.77. The van der Waals surface area contributed by atoms with Gasteiger partial charge < -0.3 is 31.1 Å². The average molecular weight is 393 g/mol. The first-order valence-electron chi connectivity index (χ1n) is 9.93. The molecule has 2 rings (SSSR count). The van der Waals surface area contributed by atoms with E-state index in [1.807, 2.05) is 30.3 Å². The van der Waals surface area contributed by atoms with Crippen molar-refractivity contribution in [1.29, 1.82) is 0 Å². The Bertz CT molecular complexity index is 593. The van der Waals surface area contributed by atoms with E-state index in [1.165, 1.54) is 0 Å². The van der Waals surface area contributed by atoms with E-state index in [-0.39, 0.29) is 6.03 Å². The van der Waals surface area contributed by atoms with E-state index in [0.717, 1.165) is 18.4 Å². The number of benzene rings is 1. The molecule has 1 aromatic rings. The molecular formula is C20H32N4O4. The molecule has 0 radical (unpaired) electrons. The van der Waals surface area contributed by atoms with Crippen molar-refractivity contribution in [2.45, 2.75) is 37.8 Å². The largest absolute Gasteiger partial charge is 0.382 e. The average Bonchev–Trinajstić information content (AvgIpc) is 2.74. The van der Waals surface area contributed by atoms with Gasteiger partial charge in [-0.15, -0.1) is 0 Å². The molecule has 0 bridgehead atoms.